The van der Waals surface area contributed by atoms with Gasteiger partial charge in [-0.25, -0.2) is 4.79 Å². The third-order valence-corrected chi connectivity index (χ3v) is 5.43. The van der Waals surface area contributed by atoms with Crippen molar-refractivity contribution in [2.24, 2.45) is 0 Å². The molecule has 2 aliphatic heterocycles. The van der Waals surface area contributed by atoms with Crippen LogP contribution in [0.15, 0.2) is 41.3 Å². The van der Waals surface area contributed by atoms with Gasteiger partial charge in [-0.15, -0.1) is 0 Å². The van der Waals surface area contributed by atoms with Gasteiger partial charge in [-0.1, -0.05) is 18.2 Å². The zero-order chi connectivity index (χ0) is 19.2. The molecule has 0 saturated carbocycles. The molecule has 2 aliphatic rings. The van der Waals surface area contributed by atoms with Crippen LogP contribution in [0, 0.1) is 0 Å². The van der Waals surface area contributed by atoms with E-state index in [1.165, 1.54) is 4.57 Å². The molecule has 140 valence electrons. The fraction of sp³-hybridized carbons (Fsp3) is 0.368. The molecule has 0 aliphatic carbocycles. The molecule has 8 heteroatoms. The Hall–Kier alpha value is -3.16. The number of pyridine rings is 1. The number of carbonyl (C=O) groups is 3. The molecule has 2 aromatic rings. The van der Waals surface area contributed by atoms with E-state index >= 15 is 0 Å². The van der Waals surface area contributed by atoms with Crippen molar-refractivity contribution in [3.8, 4) is 0 Å². The van der Waals surface area contributed by atoms with Gasteiger partial charge in [-0.05, 0) is 37.3 Å². The number of aromatic nitrogens is 1. The quantitative estimate of drug-likeness (QED) is 0.765. The highest BCUT2D eigenvalue weighted by Crippen LogP contribution is 2.26. The van der Waals surface area contributed by atoms with E-state index in [0.29, 0.717) is 24.8 Å². The number of nitrogens with zero attached hydrogens (tertiary/aromatic N) is 2. The standard InChI is InChI=1S/C19H20N4O4/c1-12(23-10-7-13-5-2-3-6-14(13)16(23)25)15(24)22-9-4-8-19(11-22)17(26)20-18(27)21-19/h2-3,5-7,10,12H,4,8-9,11H2,1H3,(H2,20,21,26,27). The number of hydrogen-bond acceptors (Lipinski definition) is 4. The summed E-state index contributed by atoms with van der Waals surface area (Å²) in [6, 6.07) is 7.79. The number of nitrogens with one attached hydrogen (secondary N) is 2. The Morgan fingerprint density at radius 2 is 1.96 bits per heavy atom. The topological polar surface area (TPSA) is 101 Å². The van der Waals surface area contributed by atoms with E-state index in [1.54, 1.807) is 30.2 Å². The number of imide groups is 1. The Kier molecular flexibility index (Phi) is 3.98. The first kappa shape index (κ1) is 17.3. The number of hydrogen-bond donors (Lipinski definition) is 2. The third-order valence-electron chi connectivity index (χ3n) is 5.43. The van der Waals surface area contributed by atoms with Crippen LogP contribution in [-0.2, 0) is 9.59 Å². The van der Waals surface area contributed by atoms with Gasteiger partial charge in [0, 0.05) is 18.1 Å². The highest BCUT2D eigenvalue weighted by molar-refractivity contribution is 6.07. The third kappa shape index (κ3) is 2.77. The molecule has 1 aromatic carbocycles. The van der Waals surface area contributed by atoms with E-state index < -0.39 is 23.5 Å². The van der Waals surface area contributed by atoms with E-state index in [9.17, 15) is 19.2 Å². The summed E-state index contributed by atoms with van der Waals surface area (Å²) in [5.74, 6) is -0.652. The predicted molar refractivity (Wildman–Crippen MR) is 98.1 cm³/mol. The van der Waals surface area contributed by atoms with Crippen LogP contribution in [0.5, 0.6) is 0 Å². The van der Waals surface area contributed by atoms with Gasteiger partial charge in [0.25, 0.3) is 11.5 Å². The van der Waals surface area contributed by atoms with E-state index in [1.807, 2.05) is 18.2 Å². The molecule has 2 N–H and O–H groups in total. The summed E-state index contributed by atoms with van der Waals surface area (Å²) in [4.78, 5) is 51.1. The second-order valence-electron chi connectivity index (χ2n) is 7.15. The van der Waals surface area contributed by atoms with E-state index in [-0.39, 0.29) is 18.0 Å². The lowest BCUT2D eigenvalue weighted by Crippen LogP contribution is -2.60. The number of carbonyl (C=O) groups excluding carboxylic acids is 3. The van der Waals surface area contributed by atoms with Crippen LogP contribution in [0.1, 0.15) is 25.8 Å². The van der Waals surface area contributed by atoms with Gasteiger partial charge in [-0.2, -0.15) is 0 Å². The number of urea groups is 1. The van der Waals surface area contributed by atoms with E-state index in [4.69, 9.17) is 0 Å². The average Bonchev–Trinajstić information content (AvgIpc) is 2.93. The van der Waals surface area contributed by atoms with E-state index in [0.717, 1.165) is 5.39 Å². The number of piperidine rings is 1. The van der Waals surface area contributed by atoms with Crippen LogP contribution >= 0.6 is 0 Å². The maximum Gasteiger partial charge on any atom is 0.322 e. The molecule has 2 atom stereocenters. The number of amides is 4. The molecule has 1 aromatic heterocycles. The molecular weight excluding hydrogens is 348 g/mol. The summed E-state index contributed by atoms with van der Waals surface area (Å²) in [6.45, 7) is 2.26. The van der Waals surface area contributed by atoms with Gasteiger partial charge in [0.1, 0.15) is 11.6 Å². The van der Waals surface area contributed by atoms with Gasteiger partial charge in [0.15, 0.2) is 0 Å². The van der Waals surface area contributed by atoms with Crippen molar-refractivity contribution in [1.82, 2.24) is 20.1 Å². The molecule has 2 fully saturated rings. The lowest BCUT2D eigenvalue weighted by Gasteiger charge is -2.39. The number of fused-ring (bicyclic) bond motifs is 1. The molecule has 27 heavy (non-hydrogen) atoms. The molecule has 8 nitrogen and oxygen atoms in total. The highest BCUT2D eigenvalue weighted by Gasteiger charge is 2.49. The minimum atomic E-state index is -1.07. The molecule has 0 radical (unpaired) electrons. The average molecular weight is 368 g/mol. The van der Waals surface area contributed by atoms with Crippen molar-refractivity contribution in [3.63, 3.8) is 0 Å². The monoisotopic (exact) mass is 368 g/mol. The largest absolute Gasteiger partial charge is 0.338 e. The Morgan fingerprint density at radius 1 is 1.19 bits per heavy atom. The van der Waals surface area contributed by atoms with Crippen LogP contribution < -0.4 is 16.2 Å². The SMILES string of the molecule is CC(C(=O)N1CCCC2(C1)NC(=O)NC2=O)n1ccc2ccccc2c1=O. The van der Waals surface area contributed by atoms with Crippen molar-refractivity contribution in [1.29, 1.82) is 0 Å². The number of rotatable bonds is 2. The Labute approximate surface area is 155 Å². The van der Waals surface area contributed by atoms with Gasteiger partial charge in [0.2, 0.25) is 5.91 Å². The number of likely N-dealkylation sites (tertiary alicyclic amines) is 1. The zero-order valence-electron chi connectivity index (χ0n) is 14.9. The second kappa shape index (κ2) is 6.22. The first-order chi connectivity index (χ1) is 12.9. The van der Waals surface area contributed by atoms with Gasteiger partial charge in [0.05, 0.1) is 6.54 Å². The lowest BCUT2D eigenvalue weighted by atomic mass is 9.89. The maximum absolute atomic E-state index is 13.0. The first-order valence-corrected chi connectivity index (χ1v) is 8.94. The van der Waals surface area contributed by atoms with Crippen LogP contribution in [0.4, 0.5) is 4.79 Å². The summed E-state index contributed by atoms with van der Waals surface area (Å²) in [6.07, 6.45) is 2.70. The normalized spacial score (nSPS) is 23.4. The van der Waals surface area contributed by atoms with Crippen LogP contribution in [-0.4, -0.2) is 45.9 Å². The number of benzene rings is 1. The van der Waals surface area contributed by atoms with Crippen molar-refractivity contribution in [2.45, 2.75) is 31.3 Å². The molecule has 2 unspecified atom stereocenters. The summed E-state index contributed by atoms with van der Waals surface area (Å²) in [7, 11) is 0. The van der Waals surface area contributed by atoms with Gasteiger partial charge in [-0.3, -0.25) is 19.7 Å². The Balaban J connectivity index is 1.61. The highest BCUT2D eigenvalue weighted by atomic mass is 16.2. The minimum absolute atomic E-state index is 0.107. The molecule has 4 amide bonds. The summed E-state index contributed by atoms with van der Waals surface area (Å²) in [5.41, 5.74) is -1.30. The molecular formula is C19H20N4O4. The second-order valence-corrected chi connectivity index (χ2v) is 7.15. The van der Waals surface area contributed by atoms with Gasteiger partial charge < -0.3 is 14.8 Å². The molecule has 1 spiro atoms. The van der Waals surface area contributed by atoms with Crippen molar-refractivity contribution in [3.05, 3.63) is 46.9 Å². The molecule has 3 heterocycles. The zero-order valence-corrected chi connectivity index (χ0v) is 14.9. The van der Waals surface area contributed by atoms with Gasteiger partial charge >= 0.3 is 6.03 Å². The Bertz CT molecular complexity index is 1010. The molecule has 0 bridgehead atoms. The molecule has 2 saturated heterocycles. The van der Waals surface area contributed by atoms with Crippen LogP contribution in [0.3, 0.4) is 0 Å². The van der Waals surface area contributed by atoms with Crippen molar-refractivity contribution >= 4 is 28.6 Å². The smallest absolute Gasteiger partial charge is 0.322 e. The first-order valence-electron chi connectivity index (χ1n) is 8.94. The van der Waals surface area contributed by atoms with Crippen LogP contribution in [0.25, 0.3) is 10.8 Å². The minimum Gasteiger partial charge on any atom is -0.338 e. The van der Waals surface area contributed by atoms with Crippen molar-refractivity contribution < 1.29 is 14.4 Å². The summed E-state index contributed by atoms with van der Waals surface area (Å²) < 4.78 is 1.42. The Morgan fingerprint density at radius 3 is 2.70 bits per heavy atom. The molecule has 4 rings (SSSR count). The fourth-order valence-electron chi connectivity index (χ4n) is 3.95. The predicted octanol–water partition coefficient (Wildman–Crippen LogP) is 0.763. The summed E-state index contributed by atoms with van der Waals surface area (Å²) in [5, 5.41) is 6.27. The summed E-state index contributed by atoms with van der Waals surface area (Å²) >= 11 is 0. The van der Waals surface area contributed by atoms with Crippen molar-refractivity contribution in [2.75, 3.05) is 13.1 Å². The van der Waals surface area contributed by atoms with E-state index in [2.05, 4.69) is 10.6 Å². The maximum atomic E-state index is 13.0. The lowest BCUT2D eigenvalue weighted by molar-refractivity contribution is -0.138. The van der Waals surface area contributed by atoms with Crippen LogP contribution in [0.2, 0.25) is 0 Å². The fourth-order valence-corrected chi connectivity index (χ4v) is 3.95.